The normalized spacial score (nSPS) is 21.0. The molecule has 0 bridgehead atoms. The number of carbonyl (C=O) groups is 2. The number of carboxylic acid groups (broad SMARTS) is 1. The molecule has 3 heterocycles. The largest absolute Gasteiger partial charge is 0.465 e. The molecule has 172 valence electrons. The van der Waals surface area contributed by atoms with Gasteiger partial charge in [0.15, 0.2) is 0 Å². The summed E-state index contributed by atoms with van der Waals surface area (Å²) < 4.78 is 13.4. The fourth-order valence-electron chi connectivity index (χ4n) is 4.82. The first kappa shape index (κ1) is 22.5. The summed E-state index contributed by atoms with van der Waals surface area (Å²) in [5.41, 5.74) is 1.42. The third-order valence-electron chi connectivity index (χ3n) is 6.61. The third kappa shape index (κ3) is 5.22. The van der Waals surface area contributed by atoms with E-state index in [1.807, 2.05) is 11.0 Å². The lowest BCUT2D eigenvalue weighted by Crippen LogP contribution is -2.42. The first-order chi connectivity index (χ1) is 15.9. The van der Waals surface area contributed by atoms with E-state index in [0.29, 0.717) is 44.6 Å². The molecule has 2 saturated heterocycles. The van der Waals surface area contributed by atoms with E-state index in [1.165, 1.54) is 12.1 Å². The second kappa shape index (κ2) is 9.86. The van der Waals surface area contributed by atoms with Crippen molar-refractivity contribution >= 4 is 17.8 Å². The van der Waals surface area contributed by atoms with Crippen LogP contribution in [0.2, 0.25) is 0 Å². The second-order valence-electron chi connectivity index (χ2n) is 8.63. The molecule has 2 amide bonds. The van der Waals surface area contributed by atoms with Crippen LogP contribution in [-0.4, -0.2) is 59.7 Å². The maximum Gasteiger partial charge on any atom is 0.404 e. The molecule has 2 N–H and O–H groups in total. The van der Waals surface area contributed by atoms with E-state index in [1.54, 1.807) is 24.4 Å². The summed E-state index contributed by atoms with van der Waals surface area (Å²) >= 11 is 0. The number of halogens is 1. The Labute approximate surface area is 191 Å². The number of nitrogens with zero attached hydrogens (tertiary/aromatic N) is 4. The summed E-state index contributed by atoms with van der Waals surface area (Å²) in [6.45, 7) is 2.61. The van der Waals surface area contributed by atoms with Crippen LogP contribution in [0.5, 0.6) is 0 Å². The van der Waals surface area contributed by atoms with Gasteiger partial charge in [0.1, 0.15) is 17.7 Å². The summed E-state index contributed by atoms with van der Waals surface area (Å²) in [6, 6.07) is 11.8. The van der Waals surface area contributed by atoms with Crippen molar-refractivity contribution in [1.82, 2.24) is 15.2 Å². The predicted octanol–water partition coefficient (Wildman–Crippen LogP) is 2.82. The number of benzene rings is 1. The Morgan fingerprint density at radius 1 is 1.15 bits per heavy atom. The molecule has 0 unspecified atom stereocenters. The number of anilines is 1. The minimum absolute atomic E-state index is 0.0515. The van der Waals surface area contributed by atoms with Crippen molar-refractivity contribution in [2.75, 3.05) is 37.6 Å². The Hall–Kier alpha value is -3.67. The van der Waals surface area contributed by atoms with Crippen LogP contribution in [0.1, 0.15) is 29.9 Å². The topological polar surface area (TPSA) is 110 Å². The monoisotopic (exact) mass is 451 g/mol. The molecule has 1 aromatic heterocycles. The Bertz CT molecular complexity index is 1030. The van der Waals surface area contributed by atoms with Crippen molar-refractivity contribution in [3.8, 4) is 6.07 Å². The number of rotatable bonds is 5. The molecule has 2 aliphatic rings. The highest BCUT2D eigenvalue weighted by Gasteiger charge is 2.39. The average molecular weight is 452 g/mol. The van der Waals surface area contributed by atoms with Gasteiger partial charge in [-0.15, -0.1) is 0 Å². The van der Waals surface area contributed by atoms with E-state index in [2.05, 4.69) is 21.3 Å². The molecule has 0 saturated carbocycles. The number of pyridine rings is 1. The standard InChI is InChI=1S/C24H26FN5O3/c25-20-4-2-17(3-5-20)21-15-30(14-19(21)13-28-24(32)33)23(31)18-7-9-29(10-8-18)22-6-1-16(11-26)12-27-22/h1-6,12,18-19,21,28H,7-10,13-15H2,(H,32,33)/t19-,21-/m0/s1. The summed E-state index contributed by atoms with van der Waals surface area (Å²) in [6.07, 6.45) is 1.87. The van der Waals surface area contributed by atoms with Crippen molar-refractivity contribution in [2.45, 2.75) is 18.8 Å². The first-order valence-corrected chi connectivity index (χ1v) is 11.1. The molecule has 0 aliphatic carbocycles. The lowest BCUT2D eigenvalue weighted by Gasteiger charge is -2.34. The number of nitriles is 1. The van der Waals surface area contributed by atoms with Crippen LogP contribution in [0, 0.1) is 29.0 Å². The fourth-order valence-corrected chi connectivity index (χ4v) is 4.82. The van der Waals surface area contributed by atoms with Gasteiger partial charge in [-0.3, -0.25) is 4.79 Å². The van der Waals surface area contributed by atoms with Crippen LogP contribution in [0.3, 0.4) is 0 Å². The molecule has 1 aromatic carbocycles. The van der Waals surface area contributed by atoms with E-state index in [4.69, 9.17) is 10.4 Å². The molecule has 2 aromatic rings. The smallest absolute Gasteiger partial charge is 0.404 e. The van der Waals surface area contributed by atoms with E-state index in [-0.39, 0.29) is 36.0 Å². The van der Waals surface area contributed by atoms with Crippen molar-refractivity contribution in [3.05, 3.63) is 59.5 Å². The maximum absolute atomic E-state index is 13.4. The first-order valence-electron chi connectivity index (χ1n) is 11.1. The molecule has 33 heavy (non-hydrogen) atoms. The molecular weight excluding hydrogens is 425 g/mol. The van der Waals surface area contributed by atoms with Gasteiger partial charge in [0.25, 0.3) is 0 Å². The molecule has 0 spiro atoms. The van der Waals surface area contributed by atoms with Crippen LogP contribution in [0.15, 0.2) is 42.6 Å². The Morgan fingerprint density at radius 3 is 2.48 bits per heavy atom. The van der Waals surface area contributed by atoms with Crippen LogP contribution in [0.4, 0.5) is 15.0 Å². The Morgan fingerprint density at radius 2 is 1.88 bits per heavy atom. The van der Waals surface area contributed by atoms with Gasteiger partial charge in [0.2, 0.25) is 5.91 Å². The molecular formula is C24H26FN5O3. The number of amides is 2. The summed E-state index contributed by atoms with van der Waals surface area (Å²) in [7, 11) is 0. The second-order valence-corrected chi connectivity index (χ2v) is 8.63. The SMILES string of the molecule is N#Cc1ccc(N2CCC(C(=O)N3C[C@H](CNC(=O)O)[C@H](c4ccc(F)cc4)C3)CC2)nc1. The van der Waals surface area contributed by atoms with Gasteiger partial charge in [-0.1, -0.05) is 12.1 Å². The fraction of sp³-hybridized carbons (Fsp3) is 0.417. The maximum atomic E-state index is 13.4. The number of aromatic nitrogens is 1. The zero-order chi connectivity index (χ0) is 23.4. The molecule has 2 aliphatic heterocycles. The van der Waals surface area contributed by atoms with Gasteiger partial charge in [-0.25, -0.2) is 14.2 Å². The summed E-state index contributed by atoms with van der Waals surface area (Å²) in [5.74, 6) is 0.348. The van der Waals surface area contributed by atoms with Crippen LogP contribution in [0.25, 0.3) is 0 Å². The van der Waals surface area contributed by atoms with Gasteiger partial charge >= 0.3 is 6.09 Å². The van der Waals surface area contributed by atoms with Gasteiger partial charge in [-0.2, -0.15) is 5.26 Å². The van der Waals surface area contributed by atoms with E-state index >= 15 is 0 Å². The molecule has 8 nitrogen and oxygen atoms in total. The van der Waals surface area contributed by atoms with Crippen LogP contribution < -0.4 is 10.2 Å². The lowest BCUT2D eigenvalue weighted by atomic mass is 9.89. The zero-order valence-corrected chi connectivity index (χ0v) is 18.2. The minimum Gasteiger partial charge on any atom is -0.465 e. The van der Waals surface area contributed by atoms with Gasteiger partial charge < -0.3 is 20.2 Å². The minimum atomic E-state index is -1.10. The summed E-state index contributed by atoms with van der Waals surface area (Å²) in [4.78, 5) is 32.6. The predicted molar refractivity (Wildman–Crippen MR) is 119 cm³/mol. The molecule has 0 radical (unpaired) electrons. The summed E-state index contributed by atoms with van der Waals surface area (Å²) in [5, 5.41) is 20.4. The van der Waals surface area contributed by atoms with Crippen molar-refractivity contribution in [1.29, 1.82) is 5.26 Å². The third-order valence-corrected chi connectivity index (χ3v) is 6.61. The number of hydrogen-bond donors (Lipinski definition) is 2. The molecule has 4 rings (SSSR count). The van der Waals surface area contributed by atoms with Crippen molar-refractivity contribution in [3.63, 3.8) is 0 Å². The Kier molecular flexibility index (Phi) is 6.73. The number of piperidine rings is 1. The molecule has 9 heteroatoms. The van der Waals surface area contributed by atoms with Crippen molar-refractivity contribution < 1.29 is 19.1 Å². The van der Waals surface area contributed by atoms with Crippen LogP contribution >= 0.6 is 0 Å². The van der Waals surface area contributed by atoms with E-state index in [9.17, 15) is 14.0 Å². The van der Waals surface area contributed by atoms with Gasteiger partial charge in [0, 0.05) is 56.7 Å². The number of nitrogens with one attached hydrogen (secondary N) is 1. The highest BCUT2D eigenvalue weighted by atomic mass is 19.1. The average Bonchev–Trinajstić information content (AvgIpc) is 3.27. The van der Waals surface area contributed by atoms with Gasteiger partial charge in [-0.05, 0) is 42.7 Å². The number of carbonyl (C=O) groups excluding carboxylic acids is 1. The van der Waals surface area contributed by atoms with Crippen LogP contribution in [-0.2, 0) is 4.79 Å². The quantitative estimate of drug-likeness (QED) is 0.724. The number of likely N-dealkylation sites (tertiary alicyclic amines) is 1. The highest BCUT2D eigenvalue weighted by Crippen LogP contribution is 2.34. The van der Waals surface area contributed by atoms with Crippen molar-refractivity contribution in [2.24, 2.45) is 11.8 Å². The molecule has 2 atom stereocenters. The lowest BCUT2D eigenvalue weighted by molar-refractivity contribution is -0.135. The van der Waals surface area contributed by atoms with E-state index in [0.717, 1.165) is 11.4 Å². The van der Waals surface area contributed by atoms with E-state index < -0.39 is 6.09 Å². The zero-order valence-electron chi connectivity index (χ0n) is 18.2. The number of hydrogen-bond acceptors (Lipinski definition) is 5. The highest BCUT2D eigenvalue weighted by molar-refractivity contribution is 5.79. The molecule has 2 fully saturated rings. The Balaban J connectivity index is 1.39. The van der Waals surface area contributed by atoms with Gasteiger partial charge in [0.05, 0.1) is 5.56 Å².